The van der Waals surface area contributed by atoms with Crippen LogP contribution in [0.25, 0.3) is 83.5 Å². The average Bonchev–Trinajstić information content (AvgIpc) is 1.52. The van der Waals surface area contributed by atoms with Gasteiger partial charge in [-0.2, -0.15) is 0 Å². The predicted octanol–water partition coefficient (Wildman–Crippen LogP) is 37.4. The molecule has 8 aliphatic rings. The molecule has 0 amide bonds. The Morgan fingerprint density at radius 3 is 0.655 bits per heavy atom. The minimum Gasteiger partial charge on any atom is -0.139 e. The fourth-order valence-corrected chi connectivity index (χ4v) is 48.7. The monoisotopic (exact) mass is 2090 g/mol. The van der Waals surface area contributed by atoms with E-state index in [0.717, 1.165) is 0 Å². The number of benzene rings is 8. The fourth-order valence-electron chi connectivity index (χ4n) is 24.7. The Bertz CT molecular complexity index is 7120. The van der Waals surface area contributed by atoms with E-state index in [0.29, 0.717) is 65.1 Å². The lowest BCUT2D eigenvalue weighted by molar-refractivity contribution is 0.588. The van der Waals surface area contributed by atoms with Crippen LogP contribution < -0.4 is 41.5 Å². The highest BCUT2D eigenvalue weighted by Crippen LogP contribution is 2.71. The SMILES string of the molecule is CC(C)c1cc2c(s1)-c1sc(C(C)(C)C)cc1C21c2cc(C(C)C)sc2-c2sc(C(C)(C)C)cc21.CC(C)c1cc2c(s1)-c1sc(C(C)(C)C)cc1[Si]21c2cc(C(C)C)sc2-c2sc(C(C)(C)C)cc21.CC(C)c1ccc2c(c1)C1(c3cc(C(C)C)ccc3-2)c2cc(C(C)C)ccc2-c2ccc(C(C)(C)C)cc21.CC(C)c1ccc2c(c1)[Si]1(c3cc(C(C)C)ccc3-2)c2cc(C(C)C)ccc2-c2ccc(C(C)C)cc21. The average molecular weight is 2090 g/mol. The van der Waals surface area contributed by atoms with Gasteiger partial charge in [-0.3, -0.25) is 0 Å². The highest BCUT2D eigenvalue weighted by molar-refractivity contribution is 7.39. The molecule has 0 saturated carbocycles. The van der Waals surface area contributed by atoms with Gasteiger partial charge in [-0.15, -0.1) is 90.7 Å². The quantitative estimate of drug-likeness (QED) is 0.113. The summed E-state index contributed by atoms with van der Waals surface area (Å²) in [6.45, 7) is 86.9. The van der Waals surface area contributed by atoms with Gasteiger partial charge in [-0.25, -0.2) is 0 Å². The van der Waals surface area contributed by atoms with Crippen LogP contribution in [0.2, 0.25) is 0 Å². The van der Waals surface area contributed by atoms with Crippen LogP contribution in [0.1, 0.15) is 449 Å². The van der Waals surface area contributed by atoms with E-state index in [4.69, 9.17) is 0 Å². The Morgan fingerprint density at radius 2 is 0.379 bits per heavy atom. The van der Waals surface area contributed by atoms with Crippen LogP contribution in [-0.4, -0.2) is 16.1 Å². The molecular formula is C135H154S8Si2. The standard InChI is InChI=1S/C38H42.C36H40Si.C31H36S4.C30H36S4Si/c1-22(2)25-10-14-29-30-15-11-26(23(3)4)19-34(30)38(33(29)18-25)35-20-27(24(5)6)12-16-31(35)32-17-13-28(21-36(32)38)37(7,8)9;1-21(2)25-9-13-29-30-14-10-26(22(3)4)18-34(30)37(33(29)17-25)35-19-27(23(5)6)11-15-31(35)32-16-12-28(24(7)8)20-36(32)37;1-15(2)21-11-17-25(32-21)27-19(13-23(34-27)29(5,6)7)31(17)18-12-22(16(3)4)33-26(18)28-20(31)14-24(35-28)30(8,9)10;1-15(2)17-11-19-25(31-17)27-21(13-23(33-27)29(5,6)7)35(19)20-12-18(16(3)4)32-26(20)28-22(35)14-24(34-28)30(8,9)10/h10-24H,1-9H3;9-24H,1-8H3;2*11-16H,1-10H3. The van der Waals surface area contributed by atoms with Crippen LogP contribution in [0.3, 0.4) is 0 Å². The second-order valence-corrected chi connectivity index (χ2v) is 68.2. The van der Waals surface area contributed by atoms with E-state index in [9.17, 15) is 0 Å². The molecule has 8 aromatic carbocycles. The molecule has 0 radical (unpaired) electrons. The van der Waals surface area contributed by atoms with E-state index in [1.165, 1.54) is 150 Å². The maximum Gasteiger partial charge on any atom is 0.185 e. The van der Waals surface area contributed by atoms with Gasteiger partial charge in [0.25, 0.3) is 0 Å². The van der Waals surface area contributed by atoms with Crippen molar-refractivity contribution in [2.45, 2.75) is 359 Å². The molecule has 8 aromatic heterocycles. The molecule has 0 N–H and O–H groups in total. The molecule has 10 heteroatoms. The summed E-state index contributed by atoms with van der Waals surface area (Å²) < 4.78 is 0. The van der Waals surface area contributed by atoms with Crippen LogP contribution in [0.5, 0.6) is 0 Å². The van der Waals surface area contributed by atoms with Crippen molar-refractivity contribution in [1.82, 2.24) is 0 Å². The van der Waals surface area contributed by atoms with Crippen LogP contribution in [-0.2, 0) is 37.9 Å². The topological polar surface area (TPSA) is 0 Å². The van der Waals surface area contributed by atoms with Crippen LogP contribution >= 0.6 is 90.7 Å². The van der Waals surface area contributed by atoms with Crippen molar-refractivity contribution < 1.29 is 0 Å². The minimum atomic E-state index is -2.46. The molecular weight excluding hydrogens is 1930 g/mol. The van der Waals surface area contributed by atoms with E-state index in [1.54, 1.807) is 103 Å². The summed E-state index contributed by atoms with van der Waals surface area (Å²) in [5.41, 5.74) is 35.3. The molecule has 0 atom stereocenters. The van der Waals surface area contributed by atoms with Gasteiger partial charge < -0.3 is 0 Å². The first kappa shape index (κ1) is 103. The summed E-state index contributed by atoms with van der Waals surface area (Å²) in [6, 6.07) is 79.8. The molecule has 4 aliphatic heterocycles. The molecule has 0 fully saturated rings. The lowest BCUT2D eigenvalue weighted by Crippen LogP contribution is -2.71. The second kappa shape index (κ2) is 35.7. The molecule has 4 aliphatic carbocycles. The molecule has 4 spiro atoms. The van der Waals surface area contributed by atoms with Crippen LogP contribution in [0.4, 0.5) is 0 Å². The summed E-state index contributed by atoms with van der Waals surface area (Å²) in [5.74, 6) is 5.73. The Labute approximate surface area is 904 Å². The Hall–Kier alpha value is -8.21. The summed E-state index contributed by atoms with van der Waals surface area (Å²) in [4.78, 5) is 24.7. The van der Waals surface area contributed by atoms with Gasteiger partial charge in [-0.1, -0.05) is 402 Å². The second-order valence-electron chi connectivity index (χ2n) is 52.3. The van der Waals surface area contributed by atoms with Crippen molar-refractivity contribution in [1.29, 1.82) is 0 Å². The molecule has 12 heterocycles. The Balaban J connectivity index is 0.000000114. The summed E-state index contributed by atoms with van der Waals surface area (Å²) >= 11 is 16.5. The van der Waals surface area contributed by atoms with E-state index in [2.05, 4.69) is 496 Å². The van der Waals surface area contributed by atoms with Crippen molar-refractivity contribution in [3.8, 4) is 83.5 Å². The number of fused-ring (bicyclic) bond motifs is 40. The van der Waals surface area contributed by atoms with Crippen LogP contribution in [0.15, 0.2) is 194 Å². The highest BCUT2D eigenvalue weighted by atomic mass is 32.1. The number of thiophene rings is 8. The van der Waals surface area contributed by atoms with Crippen molar-refractivity contribution in [3.63, 3.8) is 0 Å². The third kappa shape index (κ3) is 15.7. The molecule has 145 heavy (non-hydrogen) atoms. The molecule has 24 rings (SSSR count). The maximum absolute atomic E-state index is 2.65. The predicted molar refractivity (Wildman–Crippen MR) is 653 cm³/mol. The zero-order valence-electron chi connectivity index (χ0n) is 93.6. The summed E-state index contributed by atoms with van der Waals surface area (Å²) in [5, 5.41) is 13.2. The van der Waals surface area contributed by atoms with Crippen molar-refractivity contribution in [2.75, 3.05) is 0 Å². The first-order valence-corrected chi connectivity index (χ1v) is 64.9. The molecule has 0 unspecified atom stereocenters. The van der Waals surface area contributed by atoms with Gasteiger partial charge in [-0.05, 0) is 316 Å². The molecule has 750 valence electrons. The summed E-state index contributed by atoms with van der Waals surface area (Å²) in [6.07, 6.45) is 0. The van der Waals surface area contributed by atoms with Gasteiger partial charge in [0.1, 0.15) is 0 Å². The van der Waals surface area contributed by atoms with Gasteiger partial charge in [0.05, 0.1) is 10.8 Å². The lowest BCUT2D eigenvalue weighted by atomic mass is 9.68. The smallest absolute Gasteiger partial charge is 0.139 e. The number of hydrogen-bond donors (Lipinski definition) is 0. The van der Waals surface area contributed by atoms with E-state index in [1.807, 2.05) is 45.3 Å². The van der Waals surface area contributed by atoms with Crippen molar-refractivity contribution in [2.24, 2.45) is 0 Å². The Morgan fingerprint density at radius 1 is 0.172 bits per heavy atom. The zero-order chi connectivity index (χ0) is 104. The Kier molecular flexibility index (Phi) is 25.3. The van der Waals surface area contributed by atoms with Crippen molar-refractivity contribution in [3.05, 3.63) is 322 Å². The van der Waals surface area contributed by atoms with Gasteiger partial charge >= 0.3 is 0 Å². The molecule has 0 nitrogen and oxygen atoms in total. The van der Waals surface area contributed by atoms with E-state index in [-0.39, 0.29) is 37.9 Å². The first-order chi connectivity index (χ1) is 68.1. The molecule has 0 saturated heterocycles. The molecule has 0 bridgehead atoms. The molecule has 16 aromatic rings. The van der Waals surface area contributed by atoms with Gasteiger partial charge in [0.2, 0.25) is 0 Å². The minimum absolute atomic E-state index is 0.0813. The lowest BCUT2D eigenvalue weighted by Gasteiger charge is -2.33. The first-order valence-electron chi connectivity index (χ1n) is 54.4. The van der Waals surface area contributed by atoms with Crippen LogP contribution in [0, 0.1) is 0 Å². The zero-order valence-corrected chi connectivity index (χ0v) is 102. The summed E-state index contributed by atoms with van der Waals surface area (Å²) in [7, 11) is -4.74. The van der Waals surface area contributed by atoms with E-state index >= 15 is 0 Å². The van der Waals surface area contributed by atoms with Crippen molar-refractivity contribution >= 4 is 148 Å². The largest absolute Gasteiger partial charge is 0.185 e. The normalized spacial score (nSPS) is 15.3. The van der Waals surface area contributed by atoms with Gasteiger partial charge in [0, 0.05) is 78.0 Å². The van der Waals surface area contributed by atoms with E-state index < -0.39 is 16.1 Å². The highest BCUT2D eigenvalue weighted by Gasteiger charge is 2.62. The van der Waals surface area contributed by atoms with Gasteiger partial charge in [0.15, 0.2) is 16.1 Å². The fraction of sp³-hybridized carbons (Fsp3) is 0.407. The maximum atomic E-state index is 2.65. The number of hydrogen-bond acceptors (Lipinski definition) is 8. The third-order valence-corrected chi connectivity index (χ3v) is 56.5. The third-order valence-electron chi connectivity index (χ3n) is 33.5. The number of rotatable bonds is 11.